The van der Waals surface area contributed by atoms with Gasteiger partial charge in [0.05, 0.1) is 5.41 Å². The minimum Gasteiger partial charge on any atom is -0.340 e. The van der Waals surface area contributed by atoms with Crippen LogP contribution in [0.15, 0.2) is 60.8 Å². The van der Waals surface area contributed by atoms with Crippen LogP contribution < -0.4 is 15.5 Å². The number of nitrogens with one attached hydrogen (secondary N) is 2. The van der Waals surface area contributed by atoms with Crippen LogP contribution in [0.25, 0.3) is 0 Å². The number of benzene rings is 2. The molecule has 2 atom stereocenters. The Kier molecular flexibility index (Phi) is 5.51. The van der Waals surface area contributed by atoms with Gasteiger partial charge in [-0.25, -0.2) is 4.98 Å². The minimum absolute atomic E-state index is 0.137. The molecule has 194 valence electrons. The summed E-state index contributed by atoms with van der Waals surface area (Å²) in [7, 11) is 0. The van der Waals surface area contributed by atoms with Crippen LogP contribution in [0.3, 0.4) is 0 Å². The average Bonchev–Trinajstić information content (AvgIpc) is 3.37. The highest BCUT2D eigenvalue weighted by Gasteiger charge is 2.51. The summed E-state index contributed by atoms with van der Waals surface area (Å²) >= 11 is 0. The molecule has 3 aromatic rings. The van der Waals surface area contributed by atoms with Crippen molar-refractivity contribution in [1.29, 1.82) is 0 Å². The smallest absolute Gasteiger partial charge is 0.340 e. The number of aryl methyl sites for hydroxylation is 1. The summed E-state index contributed by atoms with van der Waals surface area (Å²) in [5.41, 5.74) is 2.91. The van der Waals surface area contributed by atoms with Gasteiger partial charge in [0.1, 0.15) is 18.4 Å². The van der Waals surface area contributed by atoms with Crippen molar-refractivity contribution in [3.8, 4) is 0 Å². The lowest BCUT2D eigenvalue weighted by molar-refractivity contribution is -0.133. The Morgan fingerprint density at radius 1 is 1.05 bits per heavy atom. The average molecular weight is 521 g/mol. The Morgan fingerprint density at radius 2 is 1.84 bits per heavy atom. The quantitative estimate of drug-likeness (QED) is 0.551. The highest BCUT2D eigenvalue weighted by Crippen LogP contribution is 2.46. The van der Waals surface area contributed by atoms with E-state index in [0.29, 0.717) is 35.5 Å². The molecule has 2 aromatic carbocycles. The lowest BCUT2D eigenvalue weighted by Gasteiger charge is -2.27. The van der Waals surface area contributed by atoms with Crippen molar-refractivity contribution in [2.45, 2.75) is 43.3 Å². The SMILES string of the molecule is O=C(N[C@@H]1CCc2ccccc2N(CC(F)(F)F)C1=O)c1ccc2c(c1)CC1(C2)C(=O)Nc2ncccc21. The predicted molar refractivity (Wildman–Crippen MR) is 133 cm³/mol. The molecule has 1 spiro atoms. The molecule has 3 aliphatic rings. The number of anilines is 2. The highest BCUT2D eigenvalue weighted by molar-refractivity contribution is 6.07. The molecule has 10 heteroatoms. The van der Waals surface area contributed by atoms with Gasteiger partial charge in [0, 0.05) is 23.0 Å². The predicted octanol–water partition coefficient (Wildman–Crippen LogP) is 3.71. The number of halogens is 3. The fourth-order valence-electron chi connectivity index (χ4n) is 5.84. The van der Waals surface area contributed by atoms with Gasteiger partial charge in [-0.1, -0.05) is 30.3 Å². The Bertz CT molecular complexity index is 1490. The van der Waals surface area contributed by atoms with Crippen molar-refractivity contribution in [3.05, 3.63) is 88.6 Å². The summed E-state index contributed by atoms with van der Waals surface area (Å²) in [5.74, 6) is -0.947. The molecule has 3 amide bonds. The summed E-state index contributed by atoms with van der Waals surface area (Å²) in [6, 6.07) is 14.1. The van der Waals surface area contributed by atoms with Crippen LogP contribution in [-0.2, 0) is 34.3 Å². The first-order chi connectivity index (χ1) is 18.1. The van der Waals surface area contributed by atoms with Crippen molar-refractivity contribution < 1.29 is 27.6 Å². The zero-order chi connectivity index (χ0) is 26.7. The molecule has 0 saturated heterocycles. The third kappa shape index (κ3) is 4.00. The zero-order valence-electron chi connectivity index (χ0n) is 20.1. The second kappa shape index (κ2) is 8.68. The van der Waals surface area contributed by atoms with Crippen LogP contribution in [0, 0.1) is 0 Å². The first-order valence-corrected chi connectivity index (χ1v) is 12.3. The van der Waals surface area contributed by atoms with E-state index in [0.717, 1.165) is 16.7 Å². The standard InChI is InChI=1S/C28H23F3N4O3/c29-28(30,31)15-35-22-6-2-1-4-16(22)9-10-21(25(35)37)33-24(36)17-7-8-18-13-27(14-19(18)12-17)20-5-3-11-32-23(20)34-26(27)38/h1-8,11-12,21H,9-10,13-15H2,(H,33,36)(H,32,34,38)/t21-,27?/m1/s1. The van der Waals surface area contributed by atoms with Crippen LogP contribution >= 0.6 is 0 Å². The van der Waals surface area contributed by atoms with Gasteiger partial charge in [-0.2, -0.15) is 13.2 Å². The second-order valence-electron chi connectivity index (χ2n) is 10.0. The Balaban J connectivity index is 1.24. The lowest BCUT2D eigenvalue weighted by Crippen LogP contribution is -2.50. The van der Waals surface area contributed by atoms with Gasteiger partial charge >= 0.3 is 6.18 Å². The van der Waals surface area contributed by atoms with Gasteiger partial charge in [-0.15, -0.1) is 0 Å². The van der Waals surface area contributed by atoms with Gasteiger partial charge in [0.15, 0.2) is 0 Å². The lowest BCUT2D eigenvalue weighted by atomic mass is 9.79. The summed E-state index contributed by atoms with van der Waals surface area (Å²) in [5, 5.41) is 5.51. The summed E-state index contributed by atoms with van der Waals surface area (Å²) in [6.07, 6.45) is -1.60. The van der Waals surface area contributed by atoms with Crippen molar-refractivity contribution in [1.82, 2.24) is 10.3 Å². The third-order valence-electron chi connectivity index (χ3n) is 7.63. The van der Waals surface area contributed by atoms with E-state index in [4.69, 9.17) is 0 Å². The first-order valence-electron chi connectivity index (χ1n) is 12.3. The maximum atomic E-state index is 13.4. The molecular weight excluding hydrogens is 497 g/mol. The van der Waals surface area contributed by atoms with E-state index >= 15 is 0 Å². The molecule has 6 rings (SSSR count). The van der Waals surface area contributed by atoms with Gasteiger partial charge in [0.25, 0.3) is 5.91 Å². The third-order valence-corrected chi connectivity index (χ3v) is 7.63. The largest absolute Gasteiger partial charge is 0.406 e. The number of hydrogen-bond donors (Lipinski definition) is 2. The number of pyridine rings is 1. The van der Waals surface area contributed by atoms with E-state index in [1.165, 1.54) is 6.07 Å². The zero-order valence-corrected chi connectivity index (χ0v) is 20.1. The Hall–Kier alpha value is -4.21. The van der Waals surface area contributed by atoms with Crippen LogP contribution in [0.2, 0.25) is 0 Å². The van der Waals surface area contributed by atoms with Crippen LogP contribution in [0.1, 0.15) is 39.0 Å². The number of alkyl halides is 3. The van der Waals surface area contributed by atoms with Gasteiger partial charge in [0.2, 0.25) is 11.8 Å². The van der Waals surface area contributed by atoms with Crippen LogP contribution in [0.4, 0.5) is 24.7 Å². The molecule has 1 aromatic heterocycles. The van der Waals surface area contributed by atoms with Crippen molar-refractivity contribution in [2.75, 3.05) is 16.8 Å². The number of aromatic nitrogens is 1. The number of nitrogens with zero attached hydrogens (tertiary/aromatic N) is 2. The van der Waals surface area contributed by atoms with Crippen LogP contribution in [-0.4, -0.2) is 41.5 Å². The van der Waals surface area contributed by atoms with E-state index < -0.39 is 36.0 Å². The van der Waals surface area contributed by atoms with Crippen molar-refractivity contribution >= 4 is 29.2 Å². The first kappa shape index (κ1) is 24.1. The number of para-hydroxylation sites is 1. The molecule has 38 heavy (non-hydrogen) atoms. The van der Waals surface area contributed by atoms with E-state index in [-0.39, 0.29) is 23.6 Å². The molecule has 2 N–H and O–H groups in total. The molecule has 0 saturated carbocycles. The maximum absolute atomic E-state index is 13.4. The van der Waals surface area contributed by atoms with Gasteiger partial charge in [-0.3, -0.25) is 14.4 Å². The molecule has 2 aliphatic heterocycles. The van der Waals surface area contributed by atoms with Crippen molar-refractivity contribution in [3.63, 3.8) is 0 Å². The number of fused-ring (bicyclic) bond motifs is 4. The molecule has 7 nitrogen and oxygen atoms in total. The summed E-state index contributed by atoms with van der Waals surface area (Å²) in [4.78, 5) is 44.4. The Labute approximate surface area is 216 Å². The number of hydrogen-bond acceptors (Lipinski definition) is 4. The normalized spacial score (nSPS) is 22.0. The molecule has 0 fully saturated rings. The summed E-state index contributed by atoms with van der Waals surface area (Å²) < 4.78 is 40.1. The fraction of sp³-hybridized carbons (Fsp3) is 0.286. The second-order valence-corrected chi connectivity index (χ2v) is 10.0. The molecule has 3 heterocycles. The minimum atomic E-state index is -4.60. The molecular formula is C28H23F3N4O3. The van der Waals surface area contributed by atoms with Gasteiger partial charge in [-0.05, 0) is 66.6 Å². The fourth-order valence-corrected chi connectivity index (χ4v) is 5.84. The number of amides is 3. The van der Waals surface area contributed by atoms with E-state index in [9.17, 15) is 27.6 Å². The highest BCUT2D eigenvalue weighted by atomic mass is 19.4. The molecule has 1 unspecified atom stereocenters. The van der Waals surface area contributed by atoms with Crippen molar-refractivity contribution in [2.24, 2.45) is 0 Å². The van der Waals surface area contributed by atoms with E-state index in [1.807, 2.05) is 6.07 Å². The topological polar surface area (TPSA) is 91.4 Å². The monoisotopic (exact) mass is 520 g/mol. The molecule has 0 radical (unpaired) electrons. The van der Waals surface area contributed by atoms with E-state index in [1.54, 1.807) is 48.7 Å². The Morgan fingerprint density at radius 3 is 2.66 bits per heavy atom. The van der Waals surface area contributed by atoms with E-state index in [2.05, 4.69) is 15.6 Å². The maximum Gasteiger partial charge on any atom is 0.406 e. The molecule has 0 bridgehead atoms. The number of rotatable bonds is 3. The molecule has 1 aliphatic carbocycles. The van der Waals surface area contributed by atoms with Gasteiger partial charge < -0.3 is 15.5 Å². The number of carbonyl (C=O) groups excluding carboxylic acids is 3. The number of carbonyl (C=O) groups is 3. The summed E-state index contributed by atoms with van der Waals surface area (Å²) in [6.45, 7) is -1.44. The van der Waals surface area contributed by atoms with Crippen LogP contribution in [0.5, 0.6) is 0 Å².